The van der Waals surface area contributed by atoms with Gasteiger partial charge >= 0.3 is 11.9 Å². The summed E-state index contributed by atoms with van der Waals surface area (Å²) in [5.41, 5.74) is 1.82. The van der Waals surface area contributed by atoms with E-state index < -0.39 is 11.9 Å². The molecule has 0 aromatic heterocycles. The number of cyclic esters (lactones) is 1. The molecule has 0 spiro atoms. The zero-order valence-electron chi connectivity index (χ0n) is 17.7. The van der Waals surface area contributed by atoms with Gasteiger partial charge in [-0.2, -0.15) is 0 Å². The molecule has 0 aliphatic carbocycles. The van der Waals surface area contributed by atoms with E-state index in [0.29, 0.717) is 28.2 Å². The second-order valence-electron chi connectivity index (χ2n) is 6.87. The number of aliphatic imine (C=N–C) groups is 1. The Hall–Kier alpha value is -3.91. The van der Waals surface area contributed by atoms with Crippen LogP contribution in [-0.2, 0) is 9.53 Å². The third-order valence-electron chi connectivity index (χ3n) is 4.71. The minimum absolute atomic E-state index is 0.148. The first kappa shape index (κ1) is 22.3. The van der Waals surface area contributed by atoms with Crippen LogP contribution in [0.25, 0.3) is 6.08 Å². The maximum atomic E-state index is 12.5. The van der Waals surface area contributed by atoms with E-state index in [2.05, 4.69) is 20.9 Å². The number of methoxy groups -OCH3 is 2. The Morgan fingerprint density at radius 3 is 2.45 bits per heavy atom. The highest BCUT2D eigenvalue weighted by Gasteiger charge is 2.24. The predicted molar refractivity (Wildman–Crippen MR) is 126 cm³/mol. The zero-order valence-corrected chi connectivity index (χ0v) is 19.3. The first-order valence-electron chi connectivity index (χ1n) is 9.79. The molecule has 0 saturated carbocycles. The fourth-order valence-corrected chi connectivity index (χ4v) is 3.46. The summed E-state index contributed by atoms with van der Waals surface area (Å²) in [5.74, 6) is 0.340. The molecule has 0 amide bonds. The number of esters is 2. The molecule has 166 valence electrons. The van der Waals surface area contributed by atoms with Gasteiger partial charge in [-0.25, -0.2) is 14.6 Å². The third-order valence-corrected chi connectivity index (χ3v) is 5.20. The number of benzene rings is 3. The lowest BCUT2D eigenvalue weighted by Crippen LogP contribution is -2.09. The maximum absolute atomic E-state index is 12.5. The smallest absolute Gasteiger partial charge is 0.363 e. The highest BCUT2D eigenvalue weighted by molar-refractivity contribution is 9.10. The highest BCUT2D eigenvalue weighted by atomic mass is 79.9. The molecule has 0 bridgehead atoms. The van der Waals surface area contributed by atoms with Crippen molar-refractivity contribution in [3.63, 3.8) is 0 Å². The fraction of sp³-hybridized carbons (Fsp3) is 0.0800. The van der Waals surface area contributed by atoms with Crippen molar-refractivity contribution in [1.82, 2.24) is 0 Å². The van der Waals surface area contributed by atoms with Gasteiger partial charge in [-0.3, -0.25) is 0 Å². The Labute approximate surface area is 198 Å². The predicted octanol–water partition coefficient (Wildman–Crippen LogP) is 5.03. The molecule has 3 aromatic rings. The number of hydrogen-bond donors (Lipinski definition) is 0. The molecule has 1 aliphatic heterocycles. The minimum Gasteiger partial charge on any atom is -0.497 e. The van der Waals surface area contributed by atoms with Gasteiger partial charge in [0.05, 0.1) is 19.8 Å². The van der Waals surface area contributed by atoms with Crippen LogP contribution in [0, 0.1) is 0 Å². The van der Waals surface area contributed by atoms with Crippen LogP contribution in [-0.4, -0.2) is 32.1 Å². The number of rotatable bonds is 6. The van der Waals surface area contributed by atoms with E-state index in [1.807, 2.05) is 18.2 Å². The Kier molecular flexibility index (Phi) is 6.55. The molecule has 8 heteroatoms. The SMILES string of the molecule is COc1ccc(C(=O)Oc2ccc(/C=C3\N=C(c4cccc(Br)c4)OC3=O)cc2OC)cc1. The van der Waals surface area contributed by atoms with Crippen molar-refractivity contribution in [3.05, 3.63) is 93.6 Å². The lowest BCUT2D eigenvalue weighted by atomic mass is 10.1. The van der Waals surface area contributed by atoms with Crippen molar-refractivity contribution < 1.29 is 28.5 Å². The van der Waals surface area contributed by atoms with Crippen molar-refractivity contribution in [1.29, 1.82) is 0 Å². The molecule has 1 heterocycles. The number of carbonyl (C=O) groups excluding carboxylic acids is 2. The summed E-state index contributed by atoms with van der Waals surface area (Å²) in [6.07, 6.45) is 1.57. The van der Waals surface area contributed by atoms with E-state index in [0.717, 1.165) is 4.47 Å². The number of ether oxygens (including phenoxy) is 4. The van der Waals surface area contributed by atoms with Crippen LogP contribution in [0.3, 0.4) is 0 Å². The molecule has 4 rings (SSSR count). The molecule has 0 radical (unpaired) electrons. The van der Waals surface area contributed by atoms with Gasteiger partial charge in [-0.05, 0) is 66.2 Å². The van der Waals surface area contributed by atoms with Crippen LogP contribution in [0.1, 0.15) is 21.5 Å². The molecule has 7 nitrogen and oxygen atoms in total. The van der Waals surface area contributed by atoms with Crippen LogP contribution >= 0.6 is 15.9 Å². The fourth-order valence-electron chi connectivity index (χ4n) is 3.06. The van der Waals surface area contributed by atoms with E-state index in [9.17, 15) is 9.59 Å². The van der Waals surface area contributed by atoms with Gasteiger partial charge in [-0.15, -0.1) is 0 Å². The summed E-state index contributed by atoms with van der Waals surface area (Å²) in [5, 5.41) is 0. The zero-order chi connectivity index (χ0) is 23.4. The summed E-state index contributed by atoms with van der Waals surface area (Å²) in [4.78, 5) is 29.1. The van der Waals surface area contributed by atoms with Crippen LogP contribution in [0.2, 0.25) is 0 Å². The lowest BCUT2D eigenvalue weighted by Gasteiger charge is -2.10. The summed E-state index contributed by atoms with van der Waals surface area (Å²) >= 11 is 3.39. The van der Waals surface area contributed by atoms with Gasteiger partial charge in [0.2, 0.25) is 5.90 Å². The van der Waals surface area contributed by atoms with Gasteiger partial charge in [0, 0.05) is 10.0 Å². The van der Waals surface area contributed by atoms with Gasteiger partial charge in [0.25, 0.3) is 0 Å². The largest absolute Gasteiger partial charge is 0.497 e. The standard InChI is InChI=1S/C25H18BrNO6/c1-30-19-9-7-16(8-10-19)24(28)32-21-11-6-15(13-22(21)31-2)12-20-25(29)33-23(27-20)17-4-3-5-18(26)14-17/h3-14H,1-2H3/b20-12-. The van der Waals surface area contributed by atoms with Crippen LogP contribution in [0.4, 0.5) is 0 Å². The average molecular weight is 508 g/mol. The number of nitrogens with zero attached hydrogens (tertiary/aromatic N) is 1. The molecular weight excluding hydrogens is 490 g/mol. The van der Waals surface area contributed by atoms with E-state index in [4.69, 9.17) is 18.9 Å². The van der Waals surface area contributed by atoms with Crippen LogP contribution in [0.15, 0.2) is 81.9 Å². The van der Waals surface area contributed by atoms with Gasteiger partial charge < -0.3 is 18.9 Å². The number of hydrogen-bond acceptors (Lipinski definition) is 7. The molecule has 1 aliphatic rings. The van der Waals surface area contributed by atoms with E-state index >= 15 is 0 Å². The lowest BCUT2D eigenvalue weighted by molar-refractivity contribution is -0.129. The Bertz CT molecular complexity index is 1280. The Morgan fingerprint density at radius 1 is 0.970 bits per heavy atom. The summed E-state index contributed by atoms with van der Waals surface area (Å²) in [7, 11) is 3.01. The first-order valence-corrected chi connectivity index (χ1v) is 10.6. The molecule has 0 atom stereocenters. The van der Waals surface area contributed by atoms with Crippen molar-refractivity contribution in [3.8, 4) is 17.2 Å². The number of carbonyl (C=O) groups is 2. The molecule has 0 fully saturated rings. The van der Waals surface area contributed by atoms with Crippen LogP contribution < -0.4 is 14.2 Å². The van der Waals surface area contributed by atoms with E-state index in [-0.39, 0.29) is 17.3 Å². The van der Waals surface area contributed by atoms with Crippen molar-refractivity contribution in [2.24, 2.45) is 4.99 Å². The van der Waals surface area contributed by atoms with Crippen LogP contribution in [0.5, 0.6) is 17.2 Å². The maximum Gasteiger partial charge on any atom is 0.363 e. The Balaban J connectivity index is 1.55. The normalized spacial score (nSPS) is 14.0. The number of halogens is 1. The van der Waals surface area contributed by atoms with Crippen molar-refractivity contribution in [2.75, 3.05) is 14.2 Å². The molecule has 3 aromatic carbocycles. The van der Waals surface area contributed by atoms with Gasteiger partial charge in [0.1, 0.15) is 5.75 Å². The molecular formula is C25H18BrNO6. The van der Waals surface area contributed by atoms with Gasteiger partial charge in [0.15, 0.2) is 17.2 Å². The topological polar surface area (TPSA) is 83.4 Å². The Morgan fingerprint density at radius 2 is 1.76 bits per heavy atom. The monoisotopic (exact) mass is 507 g/mol. The highest BCUT2D eigenvalue weighted by Crippen LogP contribution is 2.31. The molecule has 33 heavy (non-hydrogen) atoms. The molecule has 0 unspecified atom stereocenters. The minimum atomic E-state index is -0.557. The summed E-state index contributed by atoms with van der Waals surface area (Å²) in [6.45, 7) is 0. The van der Waals surface area contributed by atoms with E-state index in [1.54, 1.807) is 61.7 Å². The second kappa shape index (κ2) is 9.70. The van der Waals surface area contributed by atoms with Crippen molar-refractivity contribution in [2.45, 2.75) is 0 Å². The van der Waals surface area contributed by atoms with Crippen molar-refractivity contribution >= 4 is 39.8 Å². The second-order valence-corrected chi connectivity index (χ2v) is 7.79. The summed E-state index contributed by atoms with van der Waals surface area (Å²) in [6, 6.07) is 18.8. The third kappa shape index (κ3) is 5.12. The molecule has 0 N–H and O–H groups in total. The quantitative estimate of drug-likeness (QED) is 0.264. The van der Waals surface area contributed by atoms with E-state index in [1.165, 1.54) is 7.11 Å². The summed E-state index contributed by atoms with van der Waals surface area (Å²) < 4.78 is 22.1. The average Bonchev–Trinajstić information content (AvgIpc) is 3.20. The first-order chi connectivity index (χ1) is 16.0. The van der Waals surface area contributed by atoms with Gasteiger partial charge in [-0.1, -0.05) is 28.1 Å². The molecule has 0 saturated heterocycles.